The quantitative estimate of drug-likeness (QED) is 0.557. The maximum atomic E-state index is 2.50. The van der Waals surface area contributed by atoms with Crippen LogP contribution in [0.3, 0.4) is 0 Å². The molecule has 0 amide bonds. The Morgan fingerprint density at radius 1 is 1.15 bits per heavy atom. The van der Waals surface area contributed by atoms with Crippen LogP contribution >= 0.6 is 0 Å². The second kappa shape index (κ2) is 4.30. The fraction of sp³-hybridized carbons (Fsp3) is 0.846. The Bertz CT molecular complexity index is 186. The lowest BCUT2D eigenvalue weighted by atomic mass is 9.87. The van der Waals surface area contributed by atoms with E-state index in [-0.39, 0.29) is 0 Å². The molecule has 0 aromatic carbocycles. The summed E-state index contributed by atoms with van der Waals surface area (Å²) in [4.78, 5) is 0. The van der Waals surface area contributed by atoms with Crippen LogP contribution in [-0.4, -0.2) is 0 Å². The van der Waals surface area contributed by atoms with Crippen LogP contribution in [0.1, 0.15) is 47.5 Å². The van der Waals surface area contributed by atoms with Crippen molar-refractivity contribution < 1.29 is 0 Å². The van der Waals surface area contributed by atoms with Crippen LogP contribution in [0.15, 0.2) is 11.6 Å². The molecule has 1 aliphatic rings. The molecule has 0 bridgehead atoms. The number of rotatable bonds is 2. The summed E-state index contributed by atoms with van der Waals surface area (Å²) in [7, 11) is 0. The van der Waals surface area contributed by atoms with Crippen molar-refractivity contribution in [3.63, 3.8) is 0 Å². The summed E-state index contributed by atoms with van der Waals surface area (Å²) in [6.45, 7) is 11.7. The highest BCUT2D eigenvalue weighted by molar-refractivity contribution is 5.16. The summed E-state index contributed by atoms with van der Waals surface area (Å²) in [5.74, 6) is 3.26. The van der Waals surface area contributed by atoms with Crippen molar-refractivity contribution in [1.82, 2.24) is 0 Å². The fourth-order valence-electron chi connectivity index (χ4n) is 2.52. The molecule has 0 heteroatoms. The Hall–Kier alpha value is -0.260. The van der Waals surface area contributed by atoms with Crippen molar-refractivity contribution in [3.8, 4) is 0 Å². The lowest BCUT2D eigenvalue weighted by Gasteiger charge is -2.19. The third-order valence-electron chi connectivity index (χ3n) is 3.24. The van der Waals surface area contributed by atoms with Gasteiger partial charge in [-0.25, -0.2) is 0 Å². The summed E-state index contributed by atoms with van der Waals surface area (Å²) in [5, 5.41) is 0. The zero-order valence-corrected chi connectivity index (χ0v) is 9.80. The molecule has 2 atom stereocenters. The zero-order valence-electron chi connectivity index (χ0n) is 9.80. The highest BCUT2D eigenvalue weighted by atomic mass is 14.3. The number of hydrogen-bond donors (Lipinski definition) is 0. The van der Waals surface area contributed by atoms with E-state index in [0.29, 0.717) is 0 Å². The lowest BCUT2D eigenvalue weighted by molar-refractivity contribution is 0.450. The van der Waals surface area contributed by atoms with E-state index in [2.05, 4.69) is 40.7 Å². The van der Waals surface area contributed by atoms with Crippen LogP contribution in [0.2, 0.25) is 0 Å². The van der Waals surface area contributed by atoms with Crippen LogP contribution in [0, 0.1) is 23.7 Å². The average molecular weight is 180 g/mol. The van der Waals surface area contributed by atoms with Gasteiger partial charge in [-0.2, -0.15) is 0 Å². The topological polar surface area (TPSA) is 0 Å². The number of hydrogen-bond acceptors (Lipinski definition) is 0. The zero-order chi connectivity index (χ0) is 10.0. The first kappa shape index (κ1) is 10.8. The normalized spacial score (nSPS) is 32.4. The molecule has 0 aliphatic heterocycles. The van der Waals surface area contributed by atoms with E-state index in [1.807, 2.05) is 0 Å². The van der Waals surface area contributed by atoms with Crippen molar-refractivity contribution in [2.45, 2.75) is 47.5 Å². The molecule has 1 fully saturated rings. The third-order valence-corrected chi connectivity index (χ3v) is 3.24. The minimum atomic E-state index is 0.719. The Morgan fingerprint density at radius 2 is 1.77 bits per heavy atom. The van der Waals surface area contributed by atoms with Crippen LogP contribution < -0.4 is 0 Å². The summed E-state index contributed by atoms with van der Waals surface area (Å²) < 4.78 is 0. The molecule has 0 aromatic rings. The van der Waals surface area contributed by atoms with Crippen molar-refractivity contribution >= 4 is 0 Å². The molecular formula is C13H24. The number of allylic oxidation sites excluding steroid dienone is 2. The molecule has 0 aromatic heterocycles. The first-order valence-corrected chi connectivity index (χ1v) is 5.74. The highest BCUT2D eigenvalue weighted by Crippen LogP contribution is 2.40. The maximum Gasteiger partial charge on any atom is -0.0177 e. The average Bonchev–Trinajstić information content (AvgIpc) is 2.32. The van der Waals surface area contributed by atoms with Crippen molar-refractivity contribution in [1.29, 1.82) is 0 Å². The fourth-order valence-corrected chi connectivity index (χ4v) is 2.52. The van der Waals surface area contributed by atoms with E-state index in [0.717, 1.165) is 23.7 Å². The maximum absolute atomic E-state index is 2.50. The second-order valence-electron chi connectivity index (χ2n) is 5.24. The molecule has 0 heterocycles. The van der Waals surface area contributed by atoms with Crippen LogP contribution in [-0.2, 0) is 0 Å². The van der Waals surface area contributed by atoms with Gasteiger partial charge in [-0.15, -0.1) is 0 Å². The van der Waals surface area contributed by atoms with Gasteiger partial charge < -0.3 is 0 Å². The first-order chi connectivity index (χ1) is 6.02. The van der Waals surface area contributed by atoms with E-state index in [9.17, 15) is 0 Å². The smallest absolute Gasteiger partial charge is 0.0177 e. The van der Waals surface area contributed by atoms with E-state index in [1.165, 1.54) is 12.8 Å². The van der Waals surface area contributed by atoms with Crippen LogP contribution in [0.4, 0.5) is 0 Å². The molecule has 0 radical (unpaired) electrons. The molecule has 2 unspecified atom stereocenters. The van der Waals surface area contributed by atoms with Gasteiger partial charge in [0.05, 0.1) is 0 Å². The minimum absolute atomic E-state index is 0.719. The molecular weight excluding hydrogens is 156 g/mol. The molecule has 76 valence electrons. The molecule has 1 aliphatic carbocycles. The highest BCUT2D eigenvalue weighted by Gasteiger charge is 2.28. The SMILES string of the molecule is CC(C)/C=C1/C(C)CCC1C(C)C. The van der Waals surface area contributed by atoms with Crippen molar-refractivity contribution in [2.75, 3.05) is 0 Å². The monoisotopic (exact) mass is 180 g/mol. The van der Waals surface area contributed by atoms with Crippen LogP contribution in [0.5, 0.6) is 0 Å². The molecule has 0 spiro atoms. The van der Waals surface area contributed by atoms with E-state index in [4.69, 9.17) is 0 Å². The lowest BCUT2D eigenvalue weighted by Crippen LogP contribution is -2.08. The predicted octanol–water partition coefficient (Wildman–Crippen LogP) is 4.27. The van der Waals surface area contributed by atoms with Gasteiger partial charge in [0.2, 0.25) is 0 Å². The van der Waals surface area contributed by atoms with Gasteiger partial charge in [0.25, 0.3) is 0 Å². The molecule has 13 heavy (non-hydrogen) atoms. The van der Waals surface area contributed by atoms with Gasteiger partial charge in [-0.3, -0.25) is 0 Å². The summed E-state index contributed by atoms with van der Waals surface area (Å²) in [5.41, 5.74) is 1.74. The largest absolute Gasteiger partial charge is 0.0822 e. The van der Waals surface area contributed by atoms with Gasteiger partial charge in [0, 0.05) is 0 Å². The second-order valence-corrected chi connectivity index (χ2v) is 5.24. The molecule has 1 saturated carbocycles. The Morgan fingerprint density at radius 3 is 2.23 bits per heavy atom. The summed E-state index contributed by atoms with van der Waals surface area (Å²) in [6.07, 6.45) is 5.32. The van der Waals surface area contributed by atoms with Crippen LogP contribution in [0.25, 0.3) is 0 Å². The van der Waals surface area contributed by atoms with E-state index >= 15 is 0 Å². The summed E-state index contributed by atoms with van der Waals surface area (Å²) in [6, 6.07) is 0. The Kier molecular flexibility index (Phi) is 3.58. The molecule has 0 N–H and O–H groups in total. The van der Waals surface area contributed by atoms with Crippen molar-refractivity contribution in [2.24, 2.45) is 23.7 Å². The summed E-state index contributed by atoms with van der Waals surface area (Å²) >= 11 is 0. The third kappa shape index (κ3) is 2.59. The minimum Gasteiger partial charge on any atom is -0.0822 e. The van der Waals surface area contributed by atoms with Crippen molar-refractivity contribution in [3.05, 3.63) is 11.6 Å². The van der Waals surface area contributed by atoms with E-state index < -0.39 is 0 Å². The van der Waals surface area contributed by atoms with E-state index in [1.54, 1.807) is 5.57 Å². The first-order valence-electron chi connectivity index (χ1n) is 5.74. The molecule has 0 saturated heterocycles. The predicted molar refractivity (Wildman–Crippen MR) is 59.6 cm³/mol. The van der Waals surface area contributed by atoms with Gasteiger partial charge in [0.15, 0.2) is 0 Å². The van der Waals surface area contributed by atoms with Gasteiger partial charge >= 0.3 is 0 Å². The van der Waals surface area contributed by atoms with Gasteiger partial charge in [-0.1, -0.05) is 46.3 Å². The van der Waals surface area contributed by atoms with Gasteiger partial charge in [-0.05, 0) is 36.5 Å². The Labute approximate surface area is 83.4 Å². The van der Waals surface area contributed by atoms with Gasteiger partial charge in [0.1, 0.15) is 0 Å². The molecule has 0 nitrogen and oxygen atoms in total. The standard InChI is InChI=1S/C13H24/c1-9(2)8-13-11(5)6-7-12(13)10(3)4/h8-12H,6-7H2,1-5H3/b13-8-. The molecule has 1 rings (SSSR count). The Balaban J connectivity index is 2.77.